The van der Waals surface area contributed by atoms with Crippen molar-refractivity contribution in [2.24, 2.45) is 0 Å². The van der Waals surface area contributed by atoms with Crippen molar-refractivity contribution < 1.29 is 4.79 Å². The summed E-state index contributed by atoms with van der Waals surface area (Å²) in [5.74, 6) is 0. The molecule has 2 amide bonds. The van der Waals surface area contributed by atoms with Crippen LogP contribution in [0.25, 0.3) is 0 Å². The van der Waals surface area contributed by atoms with E-state index < -0.39 is 0 Å². The van der Waals surface area contributed by atoms with Crippen LogP contribution in [0.5, 0.6) is 0 Å². The van der Waals surface area contributed by atoms with Gasteiger partial charge in [0.15, 0.2) is 0 Å². The molecule has 0 bridgehead atoms. The lowest BCUT2D eigenvalue weighted by atomic mass is 10.3. The number of carbonyl (C=O) groups is 1. The summed E-state index contributed by atoms with van der Waals surface area (Å²) in [7, 11) is 0. The highest BCUT2D eigenvalue weighted by molar-refractivity contribution is 5.74. The van der Waals surface area contributed by atoms with E-state index >= 15 is 0 Å². The van der Waals surface area contributed by atoms with E-state index in [4.69, 9.17) is 0 Å². The molecule has 1 saturated carbocycles. The minimum Gasteiger partial charge on any atom is -0.337 e. The number of hydrogen-bond donors (Lipinski definition) is 2. The van der Waals surface area contributed by atoms with Crippen molar-refractivity contribution in [3.8, 4) is 0 Å². The van der Waals surface area contributed by atoms with Gasteiger partial charge < -0.3 is 10.6 Å². The molecule has 88 valence electrons. The first kappa shape index (κ1) is 12.3. The Labute approximate surface area is 92.4 Å². The predicted octanol–water partition coefficient (Wildman–Crippen LogP) is 1.18. The Hall–Kier alpha value is -0.770. The van der Waals surface area contributed by atoms with Gasteiger partial charge in [-0.05, 0) is 32.9 Å². The second-order valence-corrected chi connectivity index (χ2v) is 4.20. The van der Waals surface area contributed by atoms with Crippen molar-refractivity contribution in [2.75, 3.05) is 19.6 Å². The predicted molar refractivity (Wildman–Crippen MR) is 61.9 cm³/mol. The standard InChI is InChI=1S/C11H23N3O/c1-4-14(5-2)9(3)8-12-11(15)13-10-6-7-10/h9-10H,4-8H2,1-3H3,(H2,12,13,15)/t9-/m1/s1. The first-order chi connectivity index (χ1) is 7.17. The average molecular weight is 213 g/mol. The third kappa shape index (κ3) is 4.51. The van der Waals surface area contributed by atoms with E-state index in [9.17, 15) is 4.79 Å². The third-order valence-corrected chi connectivity index (χ3v) is 2.91. The van der Waals surface area contributed by atoms with Crippen molar-refractivity contribution >= 4 is 6.03 Å². The summed E-state index contributed by atoms with van der Waals surface area (Å²) < 4.78 is 0. The van der Waals surface area contributed by atoms with Gasteiger partial charge in [-0.1, -0.05) is 13.8 Å². The first-order valence-electron chi connectivity index (χ1n) is 5.95. The number of nitrogens with zero attached hydrogens (tertiary/aromatic N) is 1. The van der Waals surface area contributed by atoms with Crippen LogP contribution in [0.4, 0.5) is 4.79 Å². The molecule has 0 aromatic carbocycles. The molecule has 4 nitrogen and oxygen atoms in total. The molecule has 1 rings (SSSR count). The summed E-state index contributed by atoms with van der Waals surface area (Å²) in [5, 5.41) is 5.83. The number of carbonyl (C=O) groups excluding carboxylic acids is 1. The molecular formula is C11H23N3O. The van der Waals surface area contributed by atoms with Gasteiger partial charge in [-0.3, -0.25) is 4.90 Å². The topological polar surface area (TPSA) is 44.4 Å². The lowest BCUT2D eigenvalue weighted by Gasteiger charge is -2.26. The van der Waals surface area contributed by atoms with Crippen LogP contribution in [0, 0.1) is 0 Å². The fourth-order valence-electron chi connectivity index (χ4n) is 1.68. The van der Waals surface area contributed by atoms with Gasteiger partial charge >= 0.3 is 6.03 Å². The maximum absolute atomic E-state index is 11.4. The Morgan fingerprint density at radius 3 is 2.47 bits per heavy atom. The quantitative estimate of drug-likeness (QED) is 0.696. The molecule has 0 spiro atoms. The second-order valence-electron chi connectivity index (χ2n) is 4.20. The van der Waals surface area contributed by atoms with E-state index in [0.717, 1.165) is 32.5 Å². The fraction of sp³-hybridized carbons (Fsp3) is 0.909. The van der Waals surface area contributed by atoms with E-state index in [2.05, 4.69) is 36.3 Å². The molecule has 0 aromatic heterocycles. The Bertz CT molecular complexity index is 200. The SMILES string of the molecule is CCN(CC)[C@H](C)CNC(=O)NC1CC1. The summed E-state index contributed by atoms with van der Waals surface area (Å²) in [4.78, 5) is 13.7. The highest BCUT2D eigenvalue weighted by Crippen LogP contribution is 2.18. The number of urea groups is 1. The maximum Gasteiger partial charge on any atom is 0.315 e. The van der Waals surface area contributed by atoms with Crippen molar-refractivity contribution in [2.45, 2.75) is 45.7 Å². The van der Waals surface area contributed by atoms with Crippen molar-refractivity contribution in [3.63, 3.8) is 0 Å². The van der Waals surface area contributed by atoms with E-state index in [1.54, 1.807) is 0 Å². The average Bonchev–Trinajstić information content (AvgIpc) is 3.00. The molecule has 0 heterocycles. The van der Waals surface area contributed by atoms with Crippen LogP contribution in [0.2, 0.25) is 0 Å². The van der Waals surface area contributed by atoms with E-state index in [-0.39, 0.29) is 6.03 Å². The summed E-state index contributed by atoms with van der Waals surface area (Å²) in [6, 6.07) is 0.829. The lowest BCUT2D eigenvalue weighted by Crippen LogP contribution is -2.45. The van der Waals surface area contributed by atoms with E-state index in [1.807, 2.05) is 0 Å². The summed E-state index contributed by atoms with van der Waals surface area (Å²) in [6.07, 6.45) is 2.28. The lowest BCUT2D eigenvalue weighted by molar-refractivity contribution is 0.214. The zero-order chi connectivity index (χ0) is 11.3. The molecule has 4 heteroatoms. The molecule has 15 heavy (non-hydrogen) atoms. The zero-order valence-electron chi connectivity index (χ0n) is 10.0. The number of rotatable bonds is 6. The Balaban J connectivity index is 2.13. The zero-order valence-corrected chi connectivity index (χ0v) is 10.0. The summed E-state index contributed by atoms with van der Waals surface area (Å²) >= 11 is 0. The molecule has 0 aliphatic heterocycles. The van der Waals surface area contributed by atoms with Crippen LogP contribution >= 0.6 is 0 Å². The molecule has 0 radical (unpaired) electrons. The van der Waals surface area contributed by atoms with Gasteiger partial charge in [0.05, 0.1) is 0 Å². The molecule has 1 aliphatic rings. The Morgan fingerprint density at radius 1 is 1.40 bits per heavy atom. The number of hydrogen-bond acceptors (Lipinski definition) is 2. The Kier molecular flexibility index (Phi) is 4.88. The van der Waals surface area contributed by atoms with Gasteiger partial charge in [-0.15, -0.1) is 0 Å². The van der Waals surface area contributed by atoms with Crippen LogP contribution in [0.15, 0.2) is 0 Å². The van der Waals surface area contributed by atoms with Crippen molar-refractivity contribution in [1.82, 2.24) is 15.5 Å². The third-order valence-electron chi connectivity index (χ3n) is 2.91. The molecule has 0 unspecified atom stereocenters. The maximum atomic E-state index is 11.4. The normalized spacial score (nSPS) is 17.6. The number of likely N-dealkylation sites (N-methyl/N-ethyl adjacent to an activating group) is 1. The summed E-state index contributed by atoms with van der Waals surface area (Å²) in [5.41, 5.74) is 0. The van der Waals surface area contributed by atoms with Gasteiger partial charge in [0.1, 0.15) is 0 Å². The number of amides is 2. The fourth-order valence-corrected chi connectivity index (χ4v) is 1.68. The molecule has 2 N–H and O–H groups in total. The molecule has 0 aromatic rings. The van der Waals surface area contributed by atoms with Gasteiger partial charge in [-0.2, -0.15) is 0 Å². The van der Waals surface area contributed by atoms with Gasteiger partial charge in [-0.25, -0.2) is 4.79 Å². The van der Waals surface area contributed by atoms with Crippen LogP contribution in [0.3, 0.4) is 0 Å². The first-order valence-corrected chi connectivity index (χ1v) is 5.95. The minimum atomic E-state index is -0.0171. The highest BCUT2D eigenvalue weighted by atomic mass is 16.2. The van der Waals surface area contributed by atoms with Gasteiger partial charge in [0, 0.05) is 18.6 Å². The van der Waals surface area contributed by atoms with E-state index in [1.165, 1.54) is 0 Å². The van der Waals surface area contributed by atoms with Crippen LogP contribution in [-0.4, -0.2) is 42.6 Å². The van der Waals surface area contributed by atoms with Crippen LogP contribution in [0.1, 0.15) is 33.6 Å². The van der Waals surface area contributed by atoms with Gasteiger partial charge in [0.2, 0.25) is 0 Å². The van der Waals surface area contributed by atoms with Crippen LogP contribution < -0.4 is 10.6 Å². The van der Waals surface area contributed by atoms with Crippen LogP contribution in [-0.2, 0) is 0 Å². The molecule has 1 atom stereocenters. The monoisotopic (exact) mass is 213 g/mol. The molecule has 1 aliphatic carbocycles. The van der Waals surface area contributed by atoms with Crippen molar-refractivity contribution in [3.05, 3.63) is 0 Å². The number of nitrogens with one attached hydrogen (secondary N) is 2. The van der Waals surface area contributed by atoms with Gasteiger partial charge in [0.25, 0.3) is 0 Å². The largest absolute Gasteiger partial charge is 0.337 e. The highest BCUT2D eigenvalue weighted by Gasteiger charge is 2.23. The Morgan fingerprint density at radius 2 is 2.00 bits per heavy atom. The van der Waals surface area contributed by atoms with Crippen molar-refractivity contribution in [1.29, 1.82) is 0 Å². The van der Waals surface area contributed by atoms with E-state index in [0.29, 0.717) is 12.1 Å². The minimum absolute atomic E-state index is 0.0171. The second kappa shape index (κ2) is 5.95. The molecule has 0 saturated heterocycles. The summed E-state index contributed by atoms with van der Waals surface area (Å²) in [6.45, 7) is 9.21. The molecule has 1 fully saturated rings. The smallest absolute Gasteiger partial charge is 0.315 e. The molecular weight excluding hydrogens is 190 g/mol.